The van der Waals surface area contributed by atoms with E-state index >= 15 is 0 Å². The minimum Gasteiger partial charge on any atom is -0.496 e. The van der Waals surface area contributed by atoms with Gasteiger partial charge in [0.2, 0.25) is 5.91 Å². The number of carbonyl (C=O) groups is 1. The van der Waals surface area contributed by atoms with Gasteiger partial charge in [0.15, 0.2) is 0 Å². The second-order valence-corrected chi connectivity index (χ2v) is 9.08. The lowest BCUT2D eigenvalue weighted by Crippen LogP contribution is -2.48. The Morgan fingerprint density at radius 3 is 2.39 bits per heavy atom. The van der Waals surface area contributed by atoms with E-state index in [1.807, 2.05) is 60.4 Å². The molecule has 1 heterocycles. The van der Waals surface area contributed by atoms with Crippen LogP contribution in [0, 0.1) is 17.8 Å². The predicted molar refractivity (Wildman–Crippen MR) is 120 cm³/mol. The first-order chi connectivity index (χ1) is 14.9. The van der Waals surface area contributed by atoms with Crippen LogP contribution < -0.4 is 9.47 Å². The van der Waals surface area contributed by atoms with Crippen molar-refractivity contribution < 1.29 is 19.4 Å². The Labute approximate surface area is 185 Å². The van der Waals surface area contributed by atoms with E-state index in [-0.39, 0.29) is 29.6 Å². The summed E-state index contributed by atoms with van der Waals surface area (Å²) >= 11 is 0. The molecule has 1 aliphatic heterocycles. The Morgan fingerprint density at radius 2 is 1.68 bits per heavy atom. The maximum atomic E-state index is 13.5. The van der Waals surface area contributed by atoms with Crippen molar-refractivity contribution in [3.05, 3.63) is 59.7 Å². The van der Waals surface area contributed by atoms with Gasteiger partial charge < -0.3 is 19.5 Å². The lowest BCUT2D eigenvalue weighted by molar-refractivity contribution is -0.132. The van der Waals surface area contributed by atoms with Crippen molar-refractivity contribution in [3.8, 4) is 11.5 Å². The summed E-state index contributed by atoms with van der Waals surface area (Å²) in [5.41, 5.74) is 0.725. The quantitative estimate of drug-likeness (QED) is 0.783. The topological polar surface area (TPSA) is 59.0 Å². The number of aliphatic hydroxyl groups is 1. The molecule has 1 saturated carbocycles. The first kappa shape index (κ1) is 21.7. The van der Waals surface area contributed by atoms with E-state index < -0.39 is 5.60 Å². The molecular weight excluding hydrogens is 390 g/mol. The molecule has 1 N–H and O–H groups in total. The van der Waals surface area contributed by atoms with Crippen LogP contribution in [0.4, 0.5) is 0 Å². The van der Waals surface area contributed by atoms with Gasteiger partial charge in [-0.3, -0.25) is 4.79 Å². The number of nitrogens with zero attached hydrogens (tertiary/aromatic N) is 1. The molecule has 1 aliphatic carbocycles. The lowest BCUT2D eigenvalue weighted by Gasteiger charge is -2.46. The van der Waals surface area contributed by atoms with Gasteiger partial charge in [-0.25, -0.2) is 0 Å². The zero-order valence-corrected chi connectivity index (χ0v) is 18.9. The zero-order valence-electron chi connectivity index (χ0n) is 18.9. The molecule has 5 atom stereocenters. The van der Waals surface area contributed by atoms with E-state index in [1.165, 1.54) is 0 Å². The van der Waals surface area contributed by atoms with Gasteiger partial charge in [-0.1, -0.05) is 43.3 Å². The van der Waals surface area contributed by atoms with E-state index in [0.29, 0.717) is 18.8 Å². The summed E-state index contributed by atoms with van der Waals surface area (Å²) in [5, 5.41) is 12.1. The number of methoxy groups -OCH3 is 2. The normalized spacial score (nSPS) is 28.7. The van der Waals surface area contributed by atoms with Gasteiger partial charge >= 0.3 is 0 Å². The largest absolute Gasteiger partial charge is 0.496 e. The first-order valence-corrected chi connectivity index (χ1v) is 11.2. The van der Waals surface area contributed by atoms with E-state index in [2.05, 4.69) is 6.92 Å². The van der Waals surface area contributed by atoms with Gasteiger partial charge in [0.05, 0.1) is 20.1 Å². The molecule has 5 heteroatoms. The Hall–Kier alpha value is -2.53. The molecular formula is C26H33NO4. The number of benzene rings is 2. The smallest absolute Gasteiger partial charge is 0.229 e. The standard InChI is InChI=1S/C26H33NO4/c1-17-13-14-19-15-27(25(28)18(2)20-9-5-7-11-23(20)30-3)16-22(19)26(17,29)21-10-6-8-12-24(21)31-4/h5-12,17-19,22,29H,13-16H2,1-4H3/t17-,18-,19-,22+,26+/m0/s1. The molecule has 31 heavy (non-hydrogen) atoms. The highest BCUT2D eigenvalue weighted by atomic mass is 16.5. The van der Waals surface area contributed by atoms with E-state index in [0.717, 1.165) is 29.7 Å². The third kappa shape index (κ3) is 3.59. The van der Waals surface area contributed by atoms with E-state index in [1.54, 1.807) is 14.2 Å². The minimum absolute atomic E-state index is 0.0126. The predicted octanol–water partition coefficient (Wildman–Crippen LogP) is 4.20. The Morgan fingerprint density at radius 1 is 1.03 bits per heavy atom. The maximum absolute atomic E-state index is 13.5. The molecule has 1 amide bonds. The highest BCUT2D eigenvalue weighted by Crippen LogP contribution is 2.53. The molecule has 2 aliphatic rings. The average Bonchev–Trinajstić information content (AvgIpc) is 3.26. The van der Waals surface area contributed by atoms with Crippen molar-refractivity contribution in [2.45, 2.75) is 38.2 Å². The van der Waals surface area contributed by atoms with E-state index in [9.17, 15) is 9.90 Å². The van der Waals surface area contributed by atoms with Crippen LogP contribution in [0.5, 0.6) is 11.5 Å². The zero-order chi connectivity index (χ0) is 22.2. The fourth-order valence-electron chi connectivity index (χ4n) is 5.76. The number of ether oxygens (including phenoxy) is 2. The molecule has 2 fully saturated rings. The molecule has 4 rings (SSSR count). The Bertz CT molecular complexity index is 945. The summed E-state index contributed by atoms with van der Waals surface area (Å²) in [7, 11) is 3.28. The molecule has 2 aromatic rings. The van der Waals surface area contributed by atoms with E-state index in [4.69, 9.17) is 9.47 Å². The molecule has 0 unspecified atom stereocenters. The summed E-state index contributed by atoms with van der Waals surface area (Å²) in [4.78, 5) is 15.4. The molecule has 0 radical (unpaired) electrons. The van der Waals surface area contributed by atoms with Crippen LogP contribution in [0.25, 0.3) is 0 Å². The van der Waals surface area contributed by atoms with Crippen LogP contribution in [0.3, 0.4) is 0 Å². The summed E-state index contributed by atoms with van der Waals surface area (Å²) < 4.78 is 11.1. The van der Waals surface area contributed by atoms with Crippen molar-refractivity contribution in [1.29, 1.82) is 0 Å². The third-order valence-corrected chi connectivity index (χ3v) is 7.55. The van der Waals surface area contributed by atoms with Gasteiger partial charge in [0, 0.05) is 30.1 Å². The summed E-state index contributed by atoms with van der Waals surface area (Å²) in [6.07, 6.45) is 1.95. The Kier molecular flexibility index (Phi) is 5.98. The van der Waals surface area contributed by atoms with Gasteiger partial charge in [-0.05, 0) is 43.7 Å². The second kappa shape index (κ2) is 8.54. The lowest BCUT2D eigenvalue weighted by atomic mass is 9.62. The summed E-state index contributed by atoms with van der Waals surface area (Å²) in [6.45, 7) is 5.30. The molecule has 166 valence electrons. The van der Waals surface area contributed by atoms with Gasteiger partial charge in [-0.15, -0.1) is 0 Å². The molecule has 0 aromatic heterocycles. The van der Waals surface area contributed by atoms with Crippen molar-refractivity contribution in [2.75, 3.05) is 27.3 Å². The fourth-order valence-corrected chi connectivity index (χ4v) is 5.76. The average molecular weight is 424 g/mol. The van der Waals surface area contributed by atoms with Crippen LogP contribution >= 0.6 is 0 Å². The highest BCUT2D eigenvalue weighted by Gasteiger charge is 2.55. The van der Waals surface area contributed by atoms with Gasteiger partial charge in [0.25, 0.3) is 0 Å². The fraction of sp³-hybridized carbons (Fsp3) is 0.500. The van der Waals surface area contributed by atoms with Crippen LogP contribution in [-0.4, -0.2) is 43.2 Å². The molecule has 0 spiro atoms. The van der Waals surface area contributed by atoms with Crippen molar-refractivity contribution in [3.63, 3.8) is 0 Å². The number of rotatable bonds is 5. The number of fused-ring (bicyclic) bond motifs is 1. The second-order valence-electron chi connectivity index (χ2n) is 9.08. The van der Waals surface area contributed by atoms with Crippen LogP contribution in [0.15, 0.2) is 48.5 Å². The Balaban J connectivity index is 1.63. The minimum atomic E-state index is -1.02. The van der Waals surface area contributed by atoms with Crippen LogP contribution in [0.1, 0.15) is 43.7 Å². The summed E-state index contributed by atoms with van der Waals surface area (Å²) in [6, 6.07) is 15.5. The summed E-state index contributed by atoms with van der Waals surface area (Å²) in [5.74, 6) is 1.60. The number of para-hydroxylation sites is 2. The number of hydrogen-bond acceptors (Lipinski definition) is 4. The monoisotopic (exact) mass is 423 g/mol. The SMILES string of the molecule is COc1ccccc1[C@H](C)C(=O)N1C[C@@H]2CC[C@H](C)[C@@](O)(c3ccccc3OC)[C@@H]2C1. The number of likely N-dealkylation sites (tertiary alicyclic amines) is 1. The van der Waals surface area contributed by atoms with Gasteiger partial charge in [0.1, 0.15) is 17.1 Å². The van der Waals surface area contributed by atoms with Crippen LogP contribution in [-0.2, 0) is 10.4 Å². The number of amides is 1. The van der Waals surface area contributed by atoms with Crippen LogP contribution in [0.2, 0.25) is 0 Å². The first-order valence-electron chi connectivity index (χ1n) is 11.2. The third-order valence-electron chi connectivity index (χ3n) is 7.55. The van der Waals surface area contributed by atoms with Crippen molar-refractivity contribution in [2.24, 2.45) is 17.8 Å². The van der Waals surface area contributed by atoms with Crippen molar-refractivity contribution in [1.82, 2.24) is 4.90 Å². The maximum Gasteiger partial charge on any atom is 0.229 e. The molecule has 5 nitrogen and oxygen atoms in total. The highest BCUT2D eigenvalue weighted by molar-refractivity contribution is 5.84. The number of hydrogen-bond donors (Lipinski definition) is 1. The van der Waals surface area contributed by atoms with Gasteiger partial charge in [-0.2, -0.15) is 0 Å². The number of carbonyl (C=O) groups excluding carboxylic acids is 1. The molecule has 0 bridgehead atoms. The molecule has 2 aromatic carbocycles. The van der Waals surface area contributed by atoms with Crippen molar-refractivity contribution >= 4 is 5.91 Å². The molecule has 1 saturated heterocycles.